The zero-order chi connectivity index (χ0) is 44.2. The number of ether oxygens (including phenoxy) is 2. The number of esters is 2. The smallest absolute Gasteiger partial charge is 0.472 e. The van der Waals surface area contributed by atoms with Gasteiger partial charge in [-0.25, -0.2) is 4.57 Å². The van der Waals surface area contributed by atoms with E-state index in [1.165, 1.54) is 141 Å². The summed E-state index contributed by atoms with van der Waals surface area (Å²) in [6.45, 7) is 2.78. The molecule has 0 heterocycles. The van der Waals surface area contributed by atoms with Crippen molar-refractivity contribution in [2.45, 2.75) is 231 Å². The number of rotatable bonds is 45. The summed E-state index contributed by atoms with van der Waals surface area (Å²) in [6, 6.07) is -1.53. The fraction of sp³-hybridized carbons (Fsp3) is 0.812. The van der Waals surface area contributed by atoms with Gasteiger partial charge in [-0.15, -0.1) is 0 Å². The lowest BCUT2D eigenvalue weighted by molar-refractivity contribution is -0.161. The number of hydrogen-bond donors (Lipinski definition) is 3. The van der Waals surface area contributed by atoms with Crippen LogP contribution in [0.5, 0.6) is 0 Å². The van der Waals surface area contributed by atoms with E-state index in [9.17, 15) is 23.8 Å². The Morgan fingerprint density at radius 3 is 1.37 bits per heavy atom. The van der Waals surface area contributed by atoms with E-state index in [2.05, 4.69) is 48.8 Å². The Bertz CT molecular complexity index is 1160. The molecule has 12 heteroatoms. The highest BCUT2D eigenvalue weighted by molar-refractivity contribution is 7.47. The number of allylic oxidation sites excluding steroid dienone is 6. The summed E-state index contributed by atoms with van der Waals surface area (Å²) in [5.41, 5.74) is 5.34. The third-order valence-corrected chi connectivity index (χ3v) is 11.3. The number of carboxylic acid groups (broad SMARTS) is 1. The molecule has 0 rings (SSSR count). The van der Waals surface area contributed by atoms with Crippen LogP contribution >= 0.6 is 7.82 Å². The van der Waals surface area contributed by atoms with Gasteiger partial charge in [0.05, 0.1) is 13.2 Å². The maximum Gasteiger partial charge on any atom is 0.472 e. The molecule has 0 aliphatic rings. The lowest BCUT2D eigenvalue weighted by atomic mass is 10.1. The van der Waals surface area contributed by atoms with Crippen molar-refractivity contribution in [3.63, 3.8) is 0 Å². The number of carbonyl (C=O) groups excluding carboxylic acids is 2. The van der Waals surface area contributed by atoms with Gasteiger partial charge in [-0.1, -0.05) is 179 Å². The first-order chi connectivity index (χ1) is 29.1. The average Bonchev–Trinajstić information content (AvgIpc) is 3.22. The molecule has 0 bridgehead atoms. The molecule has 0 saturated heterocycles. The topological polar surface area (TPSA) is 172 Å². The Morgan fingerprint density at radius 1 is 0.517 bits per heavy atom. The normalized spacial score (nSPS) is 13.9. The van der Waals surface area contributed by atoms with Crippen LogP contribution in [-0.2, 0) is 37.5 Å². The van der Waals surface area contributed by atoms with E-state index in [4.69, 9.17) is 24.8 Å². The molecular formula is C48H88NO10P. The van der Waals surface area contributed by atoms with Crippen molar-refractivity contribution in [1.82, 2.24) is 0 Å². The fourth-order valence-electron chi connectivity index (χ4n) is 6.57. The highest BCUT2D eigenvalue weighted by Crippen LogP contribution is 2.43. The van der Waals surface area contributed by atoms with Gasteiger partial charge in [-0.05, 0) is 64.2 Å². The van der Waals surface area contributed by atoms with Gasteiger partial charge in [0.25, 0.3) is 0 Å². The van der Waals surface area contributed by atoms with Crippen molar-refractivity contribution < 1.29 is 47.5 Å². The molecule has 4 N–H and O–H groups in total. The molecule has 11 nitrogen and oxygen atoms in total. The molecule has 0 aromatic heterocycles. The summed E-state index contributed by atoms with van der Waals surface area (Å²) in [4.78, 5) is 46.0. The summed E-state index contributed by atoms with van der Waals surface area (Å²) >= 11 is 0. The maximum atomic E-state index is 12.6. The fourth-order valence-corrected chi connectivity index (χ4v) is 7.35. The molecule has 0 fully saturated rings. The number of unbranched alkanes of at least 4 members (excludes halogenated alkanes) is 25. The molecule has 0 radical (unpaired) electrons. The van der Waals surface area contributed by atoms with Gasteiger partial charge in [-0.3, -0.25) is 23.4 Å². The number of phosphoric acid groups is 1. The first-order valence-electron chi connectivity index (χ1n) is 24.0. The van der Waals surface area contributed by atoms with Gasteiger partial charge < -0.3 is 25.2 Å². The van der Waals surface area contributed by atoms with Gasteiger partial charge in [-0.2, -0.15) is 0 Å². The molecule has 0 aromatic rings. The molecule has 0 saturated carbocycles. The Balaban J connectivity index is 4.34. The zero-order valence-corrected chi connectivity index (χ0v) is 38.9. The van der Waals surface area contributed by atoms with E-state index in [-0.39, 0.29) is 19.4 Å². The lowest BCUT2D eigenvalue weighted by Gasteiger charge is -2.20. The van der Waals surface area contributed by atoms with Crippen LogP contribution in [0, 0.1) is 0 Å². The molecule has 0 amide bonds. The monoisotopic (exact) mass is 870 g/mol. The molecule has 350 valence electrons. The SMILES string of the molecule is CCCCCCCC/C=C/CCCCCCCCCCCC(=O)OC[C@H](COP(=O)(O)OC[C@H](N)C(=O)O)OC(=O)CCC/C=C/C/C=C/CCCCCCCCCCC. The van der Waals surface area contributed by atoms with Crippen LogP contribution in [0.1, 0.15) is 219 Å². The minimum Gasteiger partial charge on any atom is -0.480 e. The Morgan fingerprint density at radius 2 is 0.900 bits per heavy atom. The third-order valence-electron chi connectivity index (χ3n) is 10.4. The van der Waals surface area contributed by atoms with Gasteiger partial charge in [0, 0.05) is 12.8 Å². The molecular weight excluding hydrogens is 781 g/mol. The summed E-state index contributed by atoms with van der Waals surface area (Å²) in [6.07, 6.45) is 47.9. The highest BCUT2D eigenvalue weighted by atomic mass is 31.2. The van der Waals surface area contributed by atoms with Gasteiger partial charge in [0.1, 0.15) is 12.6 Å². The van der Waals surface area contributed by atoms with Crippen LogP contribution in [0.25, 0.3) is 0 Å². The summed E-state index contributed by atoms with van der Waals surface area (Å²) in [7, 11) is -4.73. The minimum absolute atomic E-state index is 0.0979. The Kier molecular flexibility index (Phi) is 41.7. The van der Waals surface area contributed by atoms with E-state index >= 15 is 0 Å². The number of aliphatic carboxylic acids is 1. The summed E-state index contributed by atoms with van der Waals surface area (Å²) in [5, 5.41) is 8.90. The average molecular weight is 870 g/mol. The van der Waals surface area contributed by atoms with E-state index in [1.807, 2.05) is 6.08 Å². The molecule has 0 aliphatic heterocycles. The van der Waals surface area contributed by atoms with E-state index in [1.54, 1.807) is 0 Å². The standard InChI is InChI=1S/C48H88NO10P/c1-3-5-7-9-11-13-15-17-19-21-22-24-25-27-29-31-33-35-37-39-46(50)56-41-44(42-57-60(54,55)58-43-45(49)48(52)53)59-47(51)40-38-36-34-32-30-28-26-23-20-18-16-14-12-10-8-6-4-2/h17,19,26,28,32,34,44-45H,3-16,18,20-25,27,29-31,33,35-43,49H2,1-2H3,(H,52,53)(H,54,55)/b19-17+,28-26+,34-32+/t44-,45+/m1/s1. The zero-order valence-electron chi connectivity index (χ0n) is 38.1. The van der Waals surface area contributed by atoms with Crippen LogP contribution in [0.3, 0.4) is 0 Å². The van der Waals surface area contributed by atoms with E-state index in [0.29, 0.717) is 19.3 Å². The second kappa shape index (κ2) is 43.4. The first-order valence-corrected chi connectivity index (χ1v) is 25.5. The Labute approximate surface area is 365 Å². The van der Waals surface area contributed by atoms with E-state index in [0.717, 1.165) is 32.1 Å². The summed E-state index contributed by atoms with van der Waals surface area (Å²) < 4.78 is 32.7. The molecule has 1 unspecified atom stereocenters. The largest absolute Gasteiger partial charge is 0.480 e. The number of phosphoric ester groups is 1. The first kappa shape index (κ1) is 57.7. The second-order valence-electron chi connectivity index (χ2n) is 16.2. The van der Waals surface area contributed by atoms with Gasteiger partial charge >= 0.3 is 25.7 Å². The van der Waals surface area contributed by atoms with Crippen molar-refractivity contribution in [2.24, 2.45) is 5.73 Å². The molecule has 60 heavy (non-hydrogen) atoms. The number of carboxylic acids is 1. The second-order valence-corrected chi connectivity index (χ2v) is 17.7. The third kappa shape index (κ3) is 42.4. The van der Waals surface area contributed by atoms with Crippen LogP contribution < -0.4 is 5.73 Å². The highest BCUT2D eigenvalue weighted by Gasteiger charge is 2.28. The lowest BCUT2D eigenvalue weighted by Crippen LogP contribution is -2.34. The number of carbonyl (C=O) groups is 3. The number of hydrogen-bond acceptors (Lipinski definition) is 9. The van der Waals surface area contributed by atoms with Crippen molar-refractivity contribution in [1.29, 1.82) is 0 Å². The van der Waals surface area contributed by atoms with Crippen LogP contribution in [0.4, 0.5) is 0 Å². The number of nitrogens with two attached hydrogens (primary N) is 1. The predicted molar refractivity (Wildman–Crippen MR) is 245 cm³/mol. The Hall–Kier alpha value is -2.30. The van der Waals surface area contributed by atoms with Crippen LogP contribution in [0.2, 0.25) is 0 Å². The van der Waals surface area contributed by atoms with Crippen molar-refractivity contribution in [2.75, 3.05) is 19.8 Å². The maximum absolute atomic E-state index is 12.6. The molecule has 3 atom stereocenters. The van der Waals surface area contributed by atoms with Crippen molar-refractivity contribution >= 4 is 25.7 Å². The quantitative estimate of drug-likeness (QED) is 0.0230. The molecule has 0 aromatic carbocycles. The van der Waals surface area contributed by atoms with E-state index < -0.39 is 51.1 Å². The molecule has 0 spiro atoms. The van der Waals surface area contributed by atoms with Gasteiger partial charge in [0.2, 0.25) is 0 Å². The molecule has 0 aliphatic carbocycles. The van der Waals surface area contributed by atoms with Crippen LogP contribution in [-0.4, -0.2) is 59.9 Å². The minimum atomic E-state index is -4.73. The van der Waals surface area contributed by atoms with Crippen molar-refractivity contribution in [3.8, 4) is 0 Å². The summed E-state index contributed by atoms with van der Waals surface area (Å²) in [5.74, 6) is -2.43. The van der Waals surface area contributed by atoms with Gasteiger partial charge in [0.15, 0.2) is 6.10 Å². The van der Waals surface area contributed by atoms with Crippen LogP contribution in [0.15, 0.2) is 36.5 Å². The predicted octanol–water partition coefficient (Wildman–Crippen LogP) is 13.2. The van der Waals surface area contributed by atoms with Crippen molar-refractivity contribution in [3.05, 3.63) is 36.5 Å².